The molecule has 0 aliphatic carbocycles. The average molecular weight is 580 g/mol. The van der Waals surface area contributed by atoms with Gasteiger partial charge in [0.15, 0.2) is 11.5 Å². The number of aryl methyl sites for hydroxylation is 1. The normalized spacial score (nSPS) is 13.2. The fourth-order valence-corrected chi connectivity index (χ4v) is 6.12. The third-order valence-corrected chi connectivity index (χ3v) is 8.75. The first kappa shape index (κ1) is 29.9. The van der Waals surface area contributed by atoms with Crippen LogP contribution in [0.15, 0.2) is 77.7 Å². The highest BCUT2D eigenvalue weighted by molar-refractivity contribution is 7.92. The molecule has 9 nitrogen and oxygen atoms in total. The summed E-state index contributed by atoms with van der Waals surface area (Å²) in [6, 6.07) is 19.6. The van der Waals surface area contributed by atoms with E-state index in [1.807, 2.05) is 45.0 Å². The third-order valence-electron chi connectivity index (χ3n) is 6.96. The molecule has 10 heteroatoms. The van der Waals surface area contributed by atoms with Crippen LogP contribution in [0.5, 0.6) is 11.5 Å². The molecule has 0 aromatic heterocycles. The van der Waals surface area contributed by atoms with Crippen molar-refractivity contribution in [3.8, 4) is 11.5 Å². The first-order valence-corrected chi connectivity index (χ1v) is 15.3. The molecule has 0 bridgehead atoms. The first-order valence-electron chi connectivity index (χ1n) is 13.8. The highest BCUT2D eigenvalue weighted by Gasteiger charge is 2.34. The van der Waals surface area contributed by atoms with Crippen molar-refractivity contribution in [3.63, 3.8) is 0 Å². The minimum Gasteiger partial charge on any atom is -0.486 e. The van der Waals surface area contributed by atoms with Gasteiger partial charge in [-0.1, -0.05) is 56.3 Å². The average Bonchev–Trinajstić information content (AvgIpc) is 2.99. The third kappa shape index (κ3) is 7.00. The van der Waals surface area contributed by atoms with E-state index in [0.717, 1.165) is 21.9 Å². The van der Waals surface area contributed by atoms with Crippen molar-refractivity contribution in [2.45, 2.75) is 51.1 Å². The molecule has 41 heavy (non-hydrogen) atoms. The van der Waals surface area contributed by atoms with Crippen LogP contribution < -0.4 is 19.1 Å². The number of anilines is 1. The second-order valence-corrected chi connectivity index (χ2v) is 11.7. The van der Waals surface area contributed by atoms with Gasteiger partial charge < -0.3 is 19.7 Å². The Kier molecular flexibility index (Phi) is 9.88. The van der Waals surface area contributed by atoms with E-state index in [-0.39, 0.29) is 23.0 Å². The topological polar surface area (TPSA) is 105 Å². The number of rotatable bonds is 12. The number of hydrogen-bond acceptors (Lipinski definition) is 6. The lowest BCUT2D eigenvalue weighted by atomic mass is 10.1. The summed E-state index contributed by atoms with van der Waals surface area (Å²) in [5, 5.41) is 2.90. The summed E-state index contributed by atoms with van der Waals surface area (Å²) in [4.78, 5) is 28.9. The molecule has 1 heterocycles. The lowest BCUT2D eigenvalue weighted by molar-refractivity contribution is -0.140. The maximum atomic E-state index is 14.2. The summed E-state index contributed by atoms with van der Waals surface area (Å²) in [6.45, 7) is 6.58. The Balaban J connectivity index is 1.75. The maximum Gasteiger partial charge on any atom is 0.264 e. The molecule has 0 radical (unpaired) electrons. The van der Waals surface area contributed by atoms with Gasteiger partial charge in [-0.15, -0.1) is 0 Å². The SMILES string of the molecule is CCCNC(=O)[C@@H](CC)N(Cc1ccccc1C)C(=O)CN(c1ccc2c(c1)OCCO2)S(=O)(=O)c1ccccc1. The van der Waals surface area contributed by atoms with Crippen LogP contribution in [0.1, 0.15) is 37.8 Å². The van der Waals surface area contributed by atoms with Crippen LogP contribution in [0.25, 0.3) is 0 Å². The number of amides is 2. The number of benzene rings is 3. The van der Waals surface area contributed by atoms with Crippen molar-refractivity contribution in [1.82, 2.24) is 10.2 Å². The molecule has 2 amide bonds. The van der Waals surface area contributed by atoms with Crippen LogP contribution in [0, 0.1) is 6.92 Å². The fraction of sp³-hybridized carbons (Fsp3) is 0.355. The van der Waals surface area contributed by atoms with Crippen molar-refractivity contribution >= 4 is 27.5 Å². The Hall–Kier alpha value is -4.05. The number of ether oxygens (including phenoxy) is 2. The van der Waals surface area contributed by atoms with Crippen LogP contribution in [0.3, 0.4) is 0 Å². The van der Waals surface area contributed by atoms with Gasteiger partial charge >= 0.3 is 0 Å². The minimum atomic E-state index is -4.17. The number of sulfonamides is 1. The van der Waals surface area contributed by atoms with E-state index in [4.69, 9.17) is 9.47 Å². The minimum absolute atomic E-state index is 0.0425. The number of carbonyl (C=O) groups is 2. The van der Waals surface area contributed by atoms with E-state index in [0.29, 0.717) is 37.7 Å². The number of fused-ring (bicyclic) bond motifs is 1. The maximum absolute atomic E-state index is 14.2. The Morgan fingerprint density at radius 1 is 0.927 bits per heavy atom. The van der Waals surface area contributed by atoms with Gasteiger partial charge in [0, 0.05) is 19.2 Å². The Labute approximate surface area is 242 Å². The molecule has 1 aliphatic rings. The summed E-state index contributed by atoms with van der Waals surface area (Å²) in [6.07, 6.45) is 1.11. The summed E-state index contributed by atoms with van der Waals surface area (Å²) >= 11 is 0. The van der Waals surface area contributed by atoms with E-state index in [2.05, 4.69) is 5.32 Å². The lowest BCUT2D eigenvalue weighted by Crippen LogP contribution is -2.52. The van der Waals surface area contributed by atoms with Crippen molar-refractivity contribution < 1.29 is 27.5 Å². The molecule has 0 fully saturated rings. The molecule has 0 saturated carbocycles. The largest absolute Gasteiger partial charge is 0.486 e. The number of hydrogen-bond donors (Lipinski definition) is 1. The molecule has 3 aromatic carbocycles. The van der Waals surface area contributed by atoms with Gasteiger partial charge in [0.2, 0.25) is 11.8 Å². The van der Waals surface area contributed by atoms with E-state index < -0.39 is 28.5 Å². The van der Waals surface area contributed by atoms with Crippen molar-refractivity contribution in [2.75, 3.05) is 30.6 Å². The molecule has 0 unspecified atom stereocenters. The van der Waals surface area contributed by atoms with E-state index in [1.54, 1.807) is 36.4 Å². The van der Waals surface area contributed by atoms with E-state index in [1.165, 1.54) is 17.0 Å². The van der Waals surface area contributed by atoms with Crippen molar-refractivity contribution in [2.24, 2.45) is 0 Å². The van der Waals surface area contributed by atoms with Crippen LogP contribution in [0.2, 0.25) is 0 Å². The second-order valence-electron chi connectivity index (χ2n) is 9.82. The Morgan fingerprint density at radius 3 is 2.29 bits per heavy atom. The predicted molar refractivity (Wildman–Crippen MR) is 158 cm³/mol. The Morgan fingerprint density at radius 2 is 1.61 bits per heavy atom. The monoisotopic (exact) mass is 579 g/mol. The van der Waals surface area contributed by atoms with Gasteiger partial charge in [0.1, 0.15) is 25.8 Å². The van der Waals surface area contributed by atoms with E-state index >= 15 is 0 Å². The van der Waals surface area contributed by atoms with Crippen LogP contribution in [-0.4, -0.2) is 57.5 Å². The Bertz CT molecular complexity index is 1460. The number of nitrogens with zero attached hydrogens (tertiary/aromatic N) is 2. The van der Waals surface area contributed by atoms with Crippen LogP contribution >= 0.6 is 0 Å². The fourth-order valence-electron chi connectivity index (χ4n) is 4.69. The lowest BCUT2D eigenvalue weighted by Gasteiger charge is -2.33. The van der Waals surface area contributed by atoms with Gasteiger partial charge in [0.25, 0.3) is 10.0 Å². The molecule has 1 N–H and O–H groups in total. The summed E-state index contributed by atoms with van der Waals surface area (Å²) in [7, 11) is -4.17. The molecule has 3 aromatic rings. The molecule has 1 atom stereocenters. The molecule has 1 aliphatic heterocycles. The molecule has 0 spiro atoms. The molecule has 4 rings (SSSR count). The van der Waals surface area contributed by atoms with Gasteiger partial charge in [-0.2, -0.15) is 0 Å². The zero-order valence-electron chi connectivity index (χ0n) is 23.7. The van der Waals surface area contributed by atoms with Crippen molar-refractivity contribution in [3.05, 3.63) is 83.9 Å². The number of carbonyl (C=O) groups excluding carboxylic acids is 2. The van der Waals surface area contributed by atoms with Gasteiger partial charge in [-0.25, -0.2) is 8.42 Å². The molecular weight excluding hydrogens is 542 g/mol. The summed E-state index contributed by atoms with van der Waals surface area (Å²) in [5.74, 6) is 0.133. The first-order chi connectivity index (χ1) is 19.8. The standard InChI is InChI=1S/C31H37N3O6S/c1-4-17-32-31(36)27(5-2)33(21-24-12-10-9-11-23(24)3)30(35)22-34(41(37,38)26-13-7-6-8-14-26)25-15-16-28-29(20-25)40-19-18-39-28/h6-16,20,27H,4-5,17-19,21-22H2,1-3H3,(H,32,36)/t27-/m1/s1. The van der Waals surface area contributed by atoms with Crippen molar-refractivity contribution in [1.29, 1.82) is 0 Å². The quantitative estimate of drug-likeness (QED) is 0.343. The van der Waals surface area contributed by atoms with E-state index in [9.17, 15) is 18.0 Å². The zero-order valence-corrected chi connectivity index (χ0v) is 24.5. The predicted octanol–water partition coefficient (Wildman–Crippen LogP) is 4.30. The summed E-state index contributed by atoms with van der Waals surface area (Å²) < 4.78 is 40.4. The van der Waals surface area contributed by atoms with Gasteiger partial charge in [0.05, 0.1) is 10.6 Å². The van der Waals surface area contributed by atoms with Crippen LogP contribution in [0.4, 0.5) is 5.69 Å². The smallest absolute Gasteiger partial charge is 0.264 e. The second kappa shape index (κ2) is 13.5. The highest BCUT2D eigenvalue weighted by atomic mass is 32.2. The summed E-state index contributed by atoms with van der Waals surface area (Å²) in [5.41, 5.74) is 2.10. The molecule has 0 saturated heterocycles. The van der Waals surface area contributed by atoms with Gasteiger partial charge in [-0.05, 0) is 55.2 Å². The zero-order chi connectivity index (χ0) is 29.4. The molecule has 218 valence electrons. The number of nitrogens with one attached hydrogen (secondary N) is 1. The van der Waals surface area contributed by atoms with Gasteiger partial charge in [-0.3, -0.25) is 13.9 Å². The molecular formula is C31H37N3O6S. The highest BCUT2D eigenvalue weighted by Crippen LogP contribution is 2.36. The van der Waals surface area contributed by atoms with Crippen LogP contribution in [-0.2, 0) is 26.2 Å².